The fourth-order valence-electron chi connectivity index (χ4n) is 0.694. The van der Waals surface area contributed by atoms with Crippen LogP contribution in [-0.2, 0) is 0 Å². The number of hydrogen-bond acceptors (Lipinski definition) is 2. The van der Waals surface area contributed by atoms with Crippen LogP contribution in [0.5, 0.6) is 0 Å². The maximum absolute atomic E-state index is 4.17. The zero-order valence-corrected chi connectivity index (χ0v) is 6.48. The van der Waals surface area contributed by atoms with Gasteiger partial charge in [-0.2, -0.15) is 0 Å². The van der Waals surface area contributed by atoms with Crippen molar-refractivity contribution in [2.75, 3.05) is 26.7 Å². The van der Waals surface area contributed by atoms with Crippen LogP contribution in [0.15, 0.2) is 4.99 Å². The summed E-state index contributed by atoms with van der Waals surface area (Å²) >= 11 is 3.34. The normalized spacial score (nSPS) is 23.0. The first kappa shape index (κ1) is 6.23. The highest BCUT2D eigenvalue weighted by Gasteiger charge is 2.04. The van der Waals surface area contributed by atoms with E-state index in [0.717, 1.165) is 24.3 Å². The number of nitrogens with zero attached hydrogens (tertiary/aromatic N) is 2. The van der Waals surface area contributed by atoms with Crippen LogP contribution >= 0.6 is 15.9 Å². The lowest BCUT2D eigenvalue weighted by molar-refractivity contribution is 0.382. The molecule has 3 heteroatoms. The first-order valence-corrected chi connectivity index (χ1v) is 3.46. The SMILES string of the molecule is CN1CCN=C(Br)C1. The van der Waals surface area contributed by atoms with Crippen LogP contribution in [0.2, 0.25) is 0 Å². The van der Waals surface area contributed by atoms with Crippen molar-refractivity contribution in [3.63, 3.8) is 0 Å². The Bertz CT molecular complexity index is 111. The molecule has 2 nitrogen and oxygen atoms in total. The number of likely N-dealkylation sites (N-methyl/N-ethyl adjacent to an activating group) is 1. The van der Waals surface area contributed by atoms with Gasteiger partial charge in [0.05, 0.1) is 11.2 Å². The number of halogens is 1. The summed E-state index contributed by atoms with van der Waals surface area (Å²) in [5.74, 6) is 0. The molecule has 0 spiro atoms. The molecule has 1 rings (SSSR count). The minimum Gasteiger partial charge on any atom is -0.298 e. The van der Waals surface area contributed by atoms with Gasteiger partial charge in [-0.05, 0) is 23.0 Å². The average molecular weight is 177 g/mol. The van der Waals surface area contributed by atoms with Crippen molar-refractivity contribution in [3.05, 3.63) is 0 Å². The second-order valence-corrected chi connectivity index (χ2v) is 2.91. The fourth-order valence-corrected chi connectivity index (χ4v) is 1.30. The molecule has 1 aliphatic heterocycles. The minimum absolute atomic E-state index is 0.942. The van der Waals surface area contributed by atoms with Gasteiger partial charge in [-0.15, -0.1) is 0 Å². The Morgan fingerprint density at radius 2 is 2.50 bits per heavy atom. The molecule has 8 heavy (non-hydrogen) atoms. The molecule has 0 aromatic carbocycles. The van der Waals surface area contributed by atoms with Crippen molar-refractivity contribution in [3.8, 4) is 0 Å². The Morgan fingerprint density at radius 3 is 2.88 bits per heavy atom. The van der Waals surface area contributed by atoms with Gasteiger partial charge < -0.3 is 0 Å². The summed E-state index contributed by atoms with van der Waals surface area (Å²) in [7, 11) is 2.09. The van der Waals surface area contributed by atoms with E-state index in [9.17, 15) is 0 Å². The third kappa shape index (κ3) is 1.56. The lowest BCUT2D eigenvalue weighted by atomic mass is 10.4. The molecule has 0 aromatic rings. The number of rotatable bonds is 0. The molecule has 0 fully saturated rings. The van der Waals surface area contributed by atoms with E-state index in [1.165, 1.54) is 0 Å². The van der Waals surface area contributed by atoms with Crippen LogP contribution in [0.3, 0.4) is 0 Å². The third-order valence-electron chi connectivity index (χ3n) is 1.17. The van der Waals surface area contributed by atoms with Crippen LogP contribution in [-0.4, -0.2) is 36.2 Å². The van der Waals surface area contributed by atoms with Gasteiger partial charge in [0.1, 0.15) is 0 Å². The quantitative estimate of drug-likeness (QED) is 0.532. The van der Waals surface area contributed by atoms with E-state index in [1.807, 2.05) is 0 Å². The van der Waals surface area contributed by atoms with Crippen LogP contribution in [0.1, 0.15) is 0 Å². The van der Waals surface area contributed by atoms with Crippen LogP contribution in [0, 0.1) is 0 Å². The van der Waals surface area contributed by atoms with Crippen molar-refractivity contribution in [1.82, 2.24) is 4.90 Å². The average Bonchev–Trinajstić information content (AvgIpc) is 1.64. The Kier molecular flexibility index (Phi) is 2.02. The van der Waals surface area contributed by atoms with Gasteiger partial charge in [0.2, 0.25) is 0 Å². The van der Waals surface area contributed by atoms with E-state index < -0.39 is 0 Å². The standard InChI is InChI=1S/C5H9BrN2/c1-8-3-2-7-5(6)4-8/h2-4H2,1H3. The monoisotopic (exact) mass is 176 g/mol. The number of hydrogen-bond donors (Lipinski definition) is 0. The van der Waals surface area contributed by atoms with Gasteiger partial charge in [-0.1, -0.05) is 0 Å². The van der Waals surface area contributed by atoms with Crippen molar-refractivity contribution in [2.24, 2.45) is 4.99 Å². The summed E-state index contributed by atoms with van der Waals surface area (Å²) in [6, 6.07) is 0. The molecule has 0 N–H and O–H groups in total. The Balaban J connectivity index is 2.45. The molecule has 0 radical (unpaired) electrons. The predicted molar refractivity (Wildman–Crippen MR) is 38.7 cm³/mol. The Labute approximate surface area is 57.7 Å². The fraction of sp³-hybridized carbons (Fsp3) is 0.800. The zero-order valence-electron chi connectivity index (χ0n) is 4.89. The molecular formula is C5H9BrN2. The Morgan fingerprint density at radius 1 is 1.75 bits per heavy atom. The van der Waals surface area contributed by atoms with Crippen molar-refractivity contribution in [2.45, 2.75) is 0 Å². The zero-order chi connectivity index (χ0) is 5.98. The molecule has 0 bridgehead atoms. The number of aliphatic imine (C=N–C) groups is 1. The molecule has 0 aromatic heterocycles. The van der Waals surface area contributed by atoms with Crippen LogP contribution in [0.4, 0.5) is 0 Å². The summed E-state index contributed by atoms with van der Waals surface area (Å²) in [6.07, 6.45) is 0. The topological polar surface area (TPSA) is 15.6 Å². The third-order valence-corrected chi connectivity index (χ3v) is 1.67. The highest BCUT2D eigenvalue weighted by atomic mass is 79.9. The van der Waals surface area contributed by atoms with E-state index in [2.05, 4.69) is 32.9 Å². The molecule has 0 atom stereocenters. The second kappa shape index (κ2) is 2.60. The maximum Gasteiger partial charge on any atom is 0.0914 e. The molecule has 0 unspecified atom stereocenters. The van der Waals surface area contributed by atoms with Gasteiger partial charge in [0.15, 0.2) is 0 Å². The lowest BCUT2D eigenvalue weighted by Crippen LogP contribution is -2.30. The largest absolute Gasteiger partial charge is 0.298 e. The molecule has 0 saturated heterocycles. The smallest absolute Gasteiger partial charge is 0.0914 e. The summed E-state index contributed by atoms with van der Waals surface area (Å²) in [6.45, 7) is 3.01. The molecule has 0 aliphatic carbocycles. The van der Waals surface area contributed by atoms with Crippen molar-refractivity contribution >= 4 is 20.6 Å². The molecular weight excluding hydrogens is 168 g/mol. The van der Waals surface area contributed by atoms with Gasteiger partial charge in [0, 0.05) is 13.1 Å². The minimum atomic E-state index is 0.942. The lowest BCUT2D eigenvalue weighted by Gasteiger charge is -2.18. The van der Waals surface area contributed by atoms with Crippen molar-refractivity contribution in [1.29, 1.82) is 0 Å². The highest BCUT2D eigenvalue weighted by molar-refractivity contribution is 9.18. The molecule has 0 saturated carbocycles. The van der Waals surface area contributed by atoms with E-state index in [-0.39, 0.29) is 0 Å². The van der Waals surface area contributed by atoms with E-state index in [4.69, 9.17) is 0 Å². The van der Waals surface area contributed by atoms with Crippen LogP contribution < -0.4 is 0 Å². The summed E-state index contributed by atoms with van der Waals surface area (Å²) in [4.78, 5) is 6.41. The van der Waals surface area contributed by atoms with E-state index in [0.29, 0.717) is 0 Å². The van der Waals surface area contributed by atoms with Crippen LogP contribution in [0.25, 0.3) is 0 Å². The van der Waals surface area contributed by atoms with E-state index >= 15 is 0 Å². The summed E-state index contributed by atoms with van der Waals surface area (Å²) in [5, 5.41) is 0. The van der Waals surface area contributed by atoms with E-state index in [1.54, 1.807) is 0 Å². The summed E-state index contributed by atoms with van der Waals surface area (Å²) in [5.41, 5.74) is 0. The first-order valence-electron chi connectivity index (χ1n) is 2.66. The first-order chi connectivity index (χ1) is 3.79. The maximum atomic E-state index is 4.17. The predicted octanol–water partition coefficient (Wildman–Crippen LogP) is 0.725. The van der Waals surface area contributed by atoms with Gasteiger partial charge in [0.25, 0.3) is 0 Å². The van der Waals surface area contributed by atoms with Crippen molar-refractivity contribution < 1.29 is 0 Å². The second-order valence-electron chi connectivity index (χ2n) is 2.00. The summed E-state index contributed by atoms with van der Waals surface area (Å²) < 4.78 is 1.08. The molecule has 46 valence electrons. The molecule has 1 aliphatic rings. The molecule has 0 amide bonds. The highest BCUT2D eigenvalue weighted by Crippen LogP contribution is 1.98. The van der Waals surface area contributed by atoms with Gasteiger partial charge >= 0.3 is 0 Å². The Hall–Kier alpha value is 0.110. The van der Waals surface area contributed by atoms with Gasteiger partial charge in [-0.25, -0.2) is 0 Å². The van der Waals surface area contributed by atoms with Gasteiger partial charge in [-0.3, -0.25) is 9.89 Å². The molecule has 1 heterocycles.